The molecule has 0 aliphatic carbocycles. The van der Waals surface area contributed by atoms with E-state index in [4.69, 9.17) is 15.7 Å². The largest absolute Gasteiger partial charge is 0.409 e. The normalized spacial score (nSPS) is 20.5. The first-order valence-electron chi connectivity index (χ1n) is 4.48. The molecule has 0 spiro atoms. The zero-order chi connectivity index (χ0) is 9.52. The summed E-state index contributed by atoms with van der Waals surface area (Å²) >= 11 is 1.89. The molecular formula is C8H16N2O2S. The van der Waals surface area contributed by atoms with E-state index >= 15 is 0 Å². The standard InChI is InChI=1S/C8H16N2O2S/c9-8(10-11)3-6-13-7-1-4-12-5-2-7/h7,11H,1-6H2,(H2,9,10). The molecule has 0 saturated carbocycles. The summed E-state index contributed by atoms with van der Waals surface area (Å²) < 4.78 is 5.25. The van der Waals surface area contributed by atoms with E-state index in [1.807, 2.05) is 11.8 Å². The van der Waals surface area contributed by atoms with E-state index in [0.717, 1.165) is 31.8 Å². The molecule has 13 heavy (non-hydrogen) atoms. The predicted molar refractivity (Wildman–Crippen MR) is 54.3 cm³/mol. The Hall–Kier alpha value is -0.420. The second kappa shape index (κ2) is 6.10. The van der Waals surface area contributed by atoms with Crippen LogP contribution in [0.15, 0.2) is 5.16 Å². The molecule has 0 unspecified atom stereocenters. The van der Waals surface area contributed by atoms with Crippen molar-refractivity contribution in [2.24, 2.45) is 10.9 Å². The van der Waals surface area contributed by atoms with Gasteiger partial charge in [0.15, 0.2) is 0 Å². The maximum atomic E-state index is 8.31. The van der Waals surface area contributed by atoms with E-state index in [1.165, 1.54) is 0 Å². The summed E-state index contributed by atoms with van der Waals surface area (Å²) in [5, 5.41) is 11.9. The van der Waals surface area contributed by atoms with Gasteiger partial charge in [0.25, 0.3) is 0 Å². The van der Waals surface area contributed by atoms with Gasteiger partial charge in [0, 0.05) is 30.6 Å². The highest BCUT2D eigenvalue weighted by Gasteiger charge is 2.13. The fraction of sp³-hybridized carbons (Fsp3) is 0.875. The van der Waals surface area contributed by atoms with Gasteiger partial charge in [-0.25, -0.2) is 0 Å². The number of nitrogens with two attached hydrogens (primary N) is 1. The summed E-state index contributed by atoms with van der Waals surface area (Å²) in [7, 11) is 0. The molecule has 1 heterocycles. The molecule has 0 aromatic rings. The smallest absolute Gasteiger partial charge is 0.139 e. The van der Waals surface area contributed by atoms with Gasteiger partial charge in [0.2, 0.25) is 0 Å². The number of hydrogen-bond acceptors (Lipinski definition) is 4. The number of nitrogens with zero attached hydrogens (tertiary/aromatic N) is 1. The molecule has 0 amide bonds. The van der Waals surface area contributed by atoms with E-state index < -0.39 is 0 Å². The van der Waals surface area contributed by atoms with Gasteiger partial charge >= 0.3 is 0 Å². The molecule has 76 valence electrons. The molecule has 0 radical (unpaired) electrons. The lowest BCUT2D eigenvalue weighted by molar-refractivity contribution is 0.100. The van der Waals surface area contributed by atoms with Gasteiger partial charge < -0.3 is 15.7 Å². The number of hydrogen-bond donors (Lipinski definition) is 2. The Bertz CT molecular complexity index is 170. The zero-order valence-corrected chi connectivity index (χ0v) is 8.42. The molecule has 1 saturated heterocycles. The second-order valence-corrected chi connectivity index (χ2v) is 4.43. The summed E-state index contributed by atoms with van der Waals surface area (Å²) in [5.74, 6) is 1.25. The third-order valence-corrected chi connectivity index (χ3v) is 3.39. The predicted octanol–water partition coefficient (Wildman–Crippen LogP) is 1.04. The van der Waals surface area contributed by atoms with Crippen LogP contribution in [0.2, 0.25) is 0 Å². The third-order valence-electron chi connectivity index (χ3n) is 2.01. The number of amidine groups is 1. The van der Waals surface area contributed by atoms with Crippen molar-refractivity contribution >= 4 is 17.6 Å². The highest BCUT2D eigenvalue weighted by molar-refractivity contribution is 7.99. The highest BCUT2D eigenvalue weighted by Crippen LogP contribution is 2.22. The third kappa shape index (κ3) is 4.38. The van der Waals surface area contributed by atoms with Gasteiger partial charge in [-0.15, -0.1) is 0 Å². The first kappa shape index (κ1) is 10.7. The molecule has 0 bridgehead atoms. The molecular weight excluding hydrogens is 188 g/mol. The molecule has 1 rings (SSSR count). The minimum Gasteiger partial charge on any atom is -0.409 e. The first-order valence-corrected chi connectivity index (χ1v) is 5.53. The van der Waals surface area contributed by atoms with Crippen LogP contribution in [0.1, 0.15) is 19.3 Å². The minimum atomic E-state index is 0.319. The molecule has 0 aromatic carbocycles. The lowest BCUT2D eigenvalue weighted by Gasteiger charge is -2.21. The van der Waals surface area contributed by atoms with Crippen molar-refractivity contribution in [3.8, 4) is 0 Å². The molecule has 0 atom stereocenters. The highest BCUT2D eigenvalue weighted by atomic mass is 32.2. The van der Waals surface area contributed by atoms with Crippen LogP contribution in [-0.4, -0.2) is 35.3 Å². The summed E-state index contributed by atoms with van der Waals surface area (Å²) in [6, 6.07) is 0. The first-order chi connectivity index (χ1) is 6.33. The Morgan fingerprint density at radius 2 is 2.23 bits per heavy atom. The van der Waals surface area contributed by atoms with Gasteiger partial charge in [0.1, 0.15) is 5.84 Å². The molecule has 4 nitrogen and oxygen atoms in total. The summed E-state index contributed by atoms with van der Waals surface area (Å²) in [5.41, 5.74) is 5.35. The van der Waals surface area contributed by atoms with Crippen molar-refractivity contribution in [1.82, 2.24) is 0 Å². The number of oxime groups is 1. The average molecular weight is 204 g/mol. The Labute approximate surface area is 82.5 Å². The number of ether oxygens (including phenoxy) is 1. The van der Waals surface area contributed by atoms with Crippen molar-refractivity contribution in [2.45, 2.75) is 24.5 Å². The fourth-order valence-electron chi connectivity index (χ4n) is 1.22. The Morgan fingerprint density at radius 1 is 1.54 bits per heavy atom. The van der Waals surface area contributed by atoms with Crippen LogP contribution in [0.5, 0.6) is 0 Å². The van der Waals surface area contributed by atoms with Crippen molar-refractivity contribution < 1.29 is 9.94 Å². The van der Waals surface area contributed by atoms with Gasteiger partial charge in [-0.3, -0.25) is 0 Å². The quantitative estimate of drug-likeness (QED) is 0.311. The van der Waals surface area contributed by atoms with Crippen LogP contribution >= 0.6 is 11.8 Å². The SMILES string of the molecule is NC(CCSC1CCOCC1)=NO. The zero-order valence-electron chi connectivity index (χ0n) is 7.61. The second-order valence-electron chi connectivity index (χ2n) is 3.02. The average Bonchev–Trinajstić information content (AvgIpc) is 2.19. The van der Waals surface area contributed by atoms with E-state index in [1.54, 1.807) is 0 Å². The molecule has 1 fully saturated rings. The van der Waals surface area contributed by atoms with E-state index in [0.29, 0.717) is 17.5 Å². The van der Waals surface area contributed by atoms with Crippen LogP contribution in [-0.2, 0) is 4.74 Å². The lowest BCUT2D eigenvalue weighted by atomic mass is 10.2. The van der Waals surface area contributed by atoms with E-state index in [-0.39, 0.29) is 0 Å². The molecule has 5 heteroatoms. The fourth-order valence-corrected chi connectivity index (χ4v) is 2.41. The number of thioether (sulfide) groups is 1. The Morgan fingerprint density at radius 3 is 2.85 bits per heavy atom. The van der Waals surface area contributed by atoms with Crippen LogP contribution in [0, 0.1) is 0 Å². The van der Waals surface area contributed by atoms with E-state index in [2.05, 4.69) is 5.16 Å². The number of rotatable bonds is 4. The minimum absolute atomic E-state index is 0.319. The van der Waals surface area contributed by atoms with Crippen molar-refractivity contribution in [1.29, 1.82) is 0 Å². The lowest BCUT2D eigenvalue weighted by Crippen LogP contribution is -2.19. The van der Waals surface area contributed by atoms with Gasteiger partial charge in [0.05, 0.1) is 0 Å². The van der Waals surface area contributed by atoms with Gasteiger partial charge in [-0.1, -0.05) is 5.16 Å². The van der Waals surface area contributed by atoms with Crippen LogP contribution in [0.4, 0.5) is 0 Å². The van der Waals surface area contributed by atoms with Crippen LogP contribution in [0.3, 0.4) is 0 Å². The van der Waals surface area contributed by atoms with Crippen LogP contribution < -0.4 is 5.73 Å². The molecule has 1 aliphatic heterocycles. The molecule has 1 aliphatic rings. The van der Waals surface area contributed by atoms with Crippen molar-refractivity contribution in [2.75, 3.05) is 19.0 Å². The maximum Gasteiger partial charge on any atom is 0.139 e. The summed E-state index contributed by atoms with van der Waals surface area (Å²) in [6.45, 7) is 1.75. The Kier molecular flexibility index (Phi) is 5.00. The summed E-state index contributed by atoms with van der Waals surface area (Å²) in [4.78, 5) is 0. The maximum absolute atomic E-state index is 8.31. The monoisotopic (exact) mass is 204 g/mol. The topological polar surface area (TPSA) is 67.8 Å². The van der Waals surface area contributed by atoms with Crippen molar-refractivity contribution in [3.63, 3.8) is 0 Å². The van der Waals surface area contributed by atoms with Crippen molar-refractivity contribution in [3.05, 3.63) is 0 Å². The van der Waals surface area contributed by atoms with Gasteiger partial charge in [-0.05, 0) is 12.8 Å². The van der Waals surface area contributed by atoms with E-state index in [9.17, 15) is 0 Å². The van der Waals surface area contributed by atoms with Crippen LogP contribution in [0.25, 0.3) is 0 Å². The van der Waals surface area contributed by atoms with Gasteiger partial charge in [-0.2, -0.15) is 11.8 Å². The Balaban J connectivity index is 2.04. The molecule has 3 N–H and O–H groups in total. The molecule has 0 aromatic heterocycles. The summed E-state index contributed by atoms with van der Waals surface area (Å²) in [6.07, 6.45) is 2.92.